The third-order valence-electron chi connectivity index (χ3n) is 6.69. The number of fused-ring (bicyclic) bond motifs is 1. The maximum Gasteiger partial charge on any atom is 0.243 e. The molecule has 1 aromatic carbocycles. The first kappa shape index (κ1) is 23.0. The molecule has 1 N–H and O–H groups in total. The van der Waals surface area contributed by atoms with Gasteiger partial charge in [-0.15, -0.1) is 11.3 Å². The standard InChI is InChI=1S/C26H35N3O2S/c1-19(2)14-25(30)29-17-22-7-4-3-6-21(22)15-24(29)26(31)27-16-20-9-11-28(12-10-20)18-23-8-5-13-32-23/h3-8,13,19-20,24H,9-12,14-18H2,1-2H3,(H,27,31). The van der Waals surface area contributed by atoms with E-state index in [0.29, 0.717) is 31.8 Å². The van der Waals surface area contributed by atoms with Gasteiger partial charge in [0.05, 0.1) is 0 Å². The molecular formula is C26H35N3O2S. The fraction of sp³-hybridized carbons (Fsp3) is 0.538. The van der Waals surface area contributed by atoms with Crippen LogP contribution in [0.3, 0.4) is 0 Å². The average Bonchev–Trinajstić information content (AvgIpc) is 3.30. The third-order valence-corrected chi connectivity index (χ3v) is 7.55. The second kappa shape index (κ2) is 10.6. The molecule has 0 aliphatic carbocycles. The first-order chi connectivity index (χ1) is 15.5. The van der Waals surface area contributed by atoms with E-state index >= 15 is 0 Å². The highest BCUT2D eigenvalue weighted by Crippen LogP contribution is 2.25. The van der Waals surface area contributed by atoms with E-state index in [2.05, 4.69) is 53.7 Å². The molecule has 1 atom stereocenters. The summed E-state index contributed by atoms with van der Waals surface area (Å²) in [6.07, 6.45) is 3.30. The molecule has 2 aromatic rings. The lowest BCUT2D eigenvalue weighted by Crippen LogP contribution is -2.53. The smallest absolute Gasteiger partial charge is 0.243 e. The van der Waals surface area contributed by atoms with E-state index in [1.165, 1.54) is 10.4 Å². The predicted molar refractivity (Wildman–Crippen MR) is 129 cm³/mol. The average molecular weight is 454 g/mol. The Morgan fingerprint density at radius 3 is 2.53 bits per heavy atom. The Hall–Kier alpha value is -2.18. The van der Waals surface area contributed by atoms with E-state index in [-0.39, 0.29) is 17.7 Å². The molecule has 32 heavy (non-hydrogen) atoms. The topological polar surface area (TPSA) is 52.7 Å². The summed E-state index contributed by atoms with van der Waals surface area (Å²) in [5.41, 5.74) is 2.34. The molecule has 6 heteroatoms. The summed E-state index contributed by atoms with van der Waals surface area (Å²) in [6.45, 7) is 8.52. The molecule has 1 fully saturated rings. The van der Waals surface area contributed by atoms with Crippen molar-refractivity contribution in [2.24, 2.45) is 11.8 Å². The van der Waals surface area contributed by atoms with Crippen LogP contribution in [0.15, 0.2) is 41.8 Å². The Labute approximate surface area is 195 Å². The lowest BCUT2D eigenvalue weighted by atomic mass is 9.92. The summed E-state index contributed by atoms with van der Waals surface area (Å²) in [5, 5.41) is 5.34. The van der Waals surface area contributed by atoms with E-state index in [0.717, 1.165) is 38.0 Å². The van der Waals surface area contributed by atoms with Crippen LogP contribution in [0.1, 0.15) is 49.1 Å². The summed E-state index contributed by atoms with van der Waals surface area (Å²) >= 11 is 1.82. The highest BCUT2D eigenvalue weighted by Gasteiger charge is 2.34. The van der Waals surface area contributed by atoms with Crippen LogP contribution in [0, 0.1) is 11.8 Å². The Bertz CT molecular complexity index is 904. The number of benzene rings is 1. The van der Waals surface area contributed by atoms with Crippen molar-refractivity contribution in [2.45, 2.75) is 58.7 Å². The Morgan fingerprint density at radius 1 is 1.09 bits per heavy atom. The minimum atomic E-state index is -0.407. The first-order valence-electron chi connectivity index (χ1n) is 11.9. The predicted octanol–water partition coefficient (Wildman–Crippen LogP) is 4.08. The first-order valence-corrected chi connectivity index (χ1v) is 12.8. The maximum atomic E-state index is 13.2. The van der Waals surface area contributed by atoms with Crippen molar-refractivity contribution >= 4 is 23.2 Å². The molecule has 0 bridgehead atoms. The van der Waals surface area contributed by atoms with Gasteiger partial charge in [0, 0.05) is 37.4 Å². The molecule has 1 saturated heterocycles. The van der Waals surface area contributed by atoms with Gasteiger partial charge in [0.1, 0.15) is 6.04 Å². The van der Waals surface area contributed by atoms with Crippen molar-refractivity contribution in [3.8, 4) is 0 Å². The van der Waals surface area contributed by atoms with Gasteiger partial charge in [0.25, 0.3) is 0 Å². The SMILES string of the molecule is CC(C)CC(=O)N1Cc2ccccc2CC1C(=O)NCC1CCN(Cc2cccs2)CC1. The second-order valence-corrected chi connectivity index (χ2v) is 10.7. The summed E-state index contributed by atoms with van der Waals surface area (Å²) < 4.78 is 0. The number of carbonyl (C=O) groups is 2. The van der Waals surface area contributed by atoms with Crippen LogP contribution in [0.25, 0.3) is 0 Å². The summed E-state index contributed by atoms with van der Waals surface area (Å²) in [6, 6.07) is 12.1. The van der Waals surface area contributed by atoms with E-state index in [4.69, 9.17) is 0 Å². The fourth-order valence-corrected chi connectivity index (χ4v) is 5.57. The molecule has 3 heterocycles. The maximum absolute atomic E-state index is 13.2. The zero-order chi connectivity index (χ0) is 22.5. The molecule has 0 radical (unpaired) electrons. The zero-order valence-electron chi connectivity index (χ0n) is 19.3. The normalized spacial score (nSPS) is 19.7. The van der Waals surface area contributed by atoms with Gasteiger partial charge in [0.15, 0.2) is 0 Å². The van der Waals surface area contributed by atoms with Gasteiger partial charge in [-0.25, -0.2) is 0 Å². The molecule has 0 spiro atoms. The molecule has 2 aliphatic heterocycles. The van der Waals surface area contributed by atoms with Gasteiger partial charge in [-0.3, -0.25) is 14.5 Å². The lowest BCUT2D eigenvalue weighted by molar-refractivity contribution is -0.142. The minimum Gasteiger partial charge on any atom is -0.354 e. The van der Waals surface area contributed by atoms with Gasteiger partial charge in [-0.2, -0.15) is 0 Å². The van der Waals surface area contributed by atoms with Crippen LogP contribution >= 0.6 is 11.3 Å². The minimum absolute atomic E-state index is 0.00220. The second-order valence-electron chi connectivity index (χ2n) is 9.65. The number of rotatable bonds is 7. The van der Waals surface area contributed by atoms with Crippen molar-refractivity contribution in [2.75, 3.05) is 19.6 Å². The van der Waals surface area contributed by atoms with Gasteiger partial charge < -0.3 is 10.2 Å². The Morgan fingerprint density at radius 2 is 1.84 bits per heavy atom. The molecule has 4 rings (SSSR count). The fourth-order valence-electron chi connectivity index (χ4n) is 4.82. The number of hydrogen-bond acceptors (Lipinski definition) is 4. The van der Waals surface area contributed by atoms with Crippen molar-refractivity contribution in [3.63, 3.8) is 0 Å². The highest BCUT2D eigenvalue weighted by atomic mass is 32.1. The number of amides is 2. The number of hydrogen-bond donors (Lipinski definition) is 1. The molecule has 5 nitrogen and oxygen atoms in total. The summed E-state index contributed by atoms with van der Waals surface area (Å²) in [7, 11) is 0. The van der Waals surface area contributed by atoms with Gasteiger partial charge in [-0.1, -0.05) is 44.2 Å². The van der Waals surface area contributed by atoms with Gasteiger partial charge in [-0.05, 0) is 60.3 Å². The van der Waals surface area contributed by atoms with E-state index in [9.17, 15) is 9.59 Å². The monoisotopic (exact) mass is 453 g/mol. The molecule has 0 saturated carbocycles. The van der Waals surface area contributed by atoms with Crippen LogP contribution in [-0.2, 0) is 29.1 Å². The van der Waals surface area contributed by atoms with E-state index < -0.39 is 6.04 Å². The van der Waals surface area contributed by atoms with E-state index in [1.54, 1.807) is 4.90 Å². The van der Waals surface area contributed by atoms with Crippen LogP contribution < -0.4 is 5.32 Å². The number of nitrogens with one attached hydrogen (secondary N) is 1. The lowest BCUT2D eigenvalue weighted by Gasteiger charge is -2.37. The van der Waals surface area contributed by atoms with Crippen molar-refractivity contribution in [1.29, 1.82) is 0 Å². The summed E-state index contributed by atoms with van der Waals surface area (Å²) in [5.74, 6) is 0.867. The quantitative estimate of drug-likeness (QED) is 0.687. The molecule has 2 amide bonds. The van der Waals surface area contributed by atoms with Gasteiger partial charge >= 0.3 is 0 Å². The van der Waals surface area contributed by atoms with Gasteiger partial charge in [0.2, 0.25) is 11.8 Å². The number of thiophene rings is 1. The number of carbonyl (C=O) groups excluding carboxylic acids is 2. The number of piperidine rings is 1. The highest BCUT2D eigenvalue weighted by molar-refractivity contribution is 7.09. The molecule has 2 aliphatic rings. The Kier molecular flexibility index (Phi) is 7.63. The van der Waals surface area contributed by atoms with E-state index in [1.807, 2.05) is 23.5 Å². The van der Waals surface area contributed by atoms with Crippen molar-refractivity contribution in [3.05, 3.63) is 57.8 Å². The van der Waals surface area contributed by atoms with Crippen LogP contribution in [-0.4, -0.2) is 47.3 Å². The van der Waals surface area contributed by atoms with Crippen molar-refractivity contribution in [1.82, 2.24) is 15.1 Å². The largest absolute Gasteiger partial charge is 0.354 e. The van der Waals surface area contributed by atoms with Crippen LogP contribution in [0.2, 0.25) is 0 Å². The molecule has 1 aromatic heterocycles. The number of nitrogens with zero attached hydrogens (tertiary/aromatic N) is 2. The third kappa shape index (κ3) is 5.78. The summed E-state index contributed by atoms with van der Waals surface area (Å²) in [4.78, 5) is 31.9. The molecular weight excluding hydrogens is 418 g/mol. The van der Waals surface area contributed by atoms with Crippen LogP contribution in [0.5, 0.6) is 0 Å². The Balaban J connectivity index is 1.32. The molecule has 1 unspecified atom stereocenters. The van der Waals surface area contributed by atoms with Crippen molar-refractivity contribution < 1.29 is 9.59 Å². The zero-order valence-corrected chi connectivity index (χ0v) is 20.1. The molecule has 172 valence electrons. The van der Waals surface area contributed by atoms with Crippen LogP contribution in [0.4, 0.5) is 0 Å². The number of likely N-dealkylation sites (tertiary alicyclic amines) is 1.